The Morgan fingerprint density at radius 1 is 1.54 bits per heavy atom. The van der Waals surface area contributed by atoms with Gasteiger partial charge in [0.15, 0.2) is 0 Å². The van der Waals surface area contributed by atoms with Gasteiger partial charge in [-0.1, -0.05) is 11.6 Å². The average Bonchev–Trinajstić information content (AvgIpc) is 2.07. The number of hydrogen-bond acceptors (Lipinski definition) is 2. The Hall–Kier alpha value is -0.730. The van der Waals surface area contributed by atoms with Crippen molar-refractivity contribution >= 4 is 11.6 Å². The maximum Gasteiger partial charge on any atom is 0.127 e. The lowest BCUT2D eigenvalue weighted by Crippen LogP contribution is -2.21. The van der Waals surface area contributed by atoms with Crippen LogP contribution in [-0.4, -0.2) is 6.61 Å². The Bertz CT molecular complexity index is 338. The molecule has 70 valence electrons. The number of halogens is 1. The van der Waals surface area contributed by atoms with Crippen LogP contribution in [-0.2, 0) is 0 Å². The molecule has 13 heavy (non-hydrogen) atoms. The molecule has 1 heterocycles. The first-order valence-corrected chi connectivity index (χ1v) is 4.74. The Morgan fingerprint density at radius 3 is 3.08 bits per heavy atom. The molecular formula is C10H12ClNO. The van der Waals surface area contributed by atoms with Crippen LogP contribution in [0.1, 0.15) is 23.6 Å². The number of ether oxygens (including phenoxy) is 1. The van der Waals surface area contributed by atoms with Gasteiger partial charge in [0.05, 0.1) is 6.61 Å². The number of benzene rings is 1. The molecule has 0 radical (unpaired) electrons. The van der Waals surface area contributed by atoms with Gasteiger partial charge >= 0.3 is 0 Å². The van der Waals surface area contributed by atoms with Gasteiger partial charge in [0.1, 0.15) is 5.75 Å². The zero-order valence-corrected chi connectivity index (χ0v) is 8.27. The molecule has 0 spiro atoms. The number of hydrogen-bond donors (Lipinski definition) is 1. The second-order valence-electron chi connectivity index (χ2n) is 3.38. The van der Waals surface area contributed by atoms with E-state index in [1.54, 1.807) is 0 Å². The molecule has 1 aromatic rings. The van der Waals surface area contributed by atoms with E-state index < -0.39 is 0 Å². The fourth-order valence-corrected chi connectivity index (χ4v) is 1.95. The van der Waals surface area contributed by atoms with Crippen molar-refractivity contribution in [2.24, 2.45) is 5.73 Å². The molecule has 1 aromatic carbocycles. The standard InChI is InChI=1S/C10H12ClNO/c1-6-4-7(11)5-8-9(12)2-3-13-10(6)8/h4-5,9H,2-3,12H2,1H3/t9-/m1/s1. The molecule has 0 unspecified atom stereocenters. The SMILES string of the molecule is Cc1cc(Cl)cc2c1OCC[C@H]2N. The summed E-state index contributed by atoms with van der Waals surface area (Å²) >= 11 is 5.94. The normalized spacial score (nSPS) is 20.7. The van der Waals surface area contributed by atoms with Crippen molar-refractivity contribution in [3.8, 4) is 5.75 Å². The molecule has 1 aliphatic heterocycles. The Labute approximate surface area is 82.6 Å². The van der Waals surface area contributed by atoms with Crippen molar-refractivity contribution in [1.29, 1.82) is 0 Å². The Balaban J connectivity index is 2.56. The van der Waals surface area contributed by atoms with E-state index >= 15 is 0 Å². The molecular weight excluding hydrogens is 186 g/mol. The van der Waals surface area contributed by atoms with Crippen LogP contribution in [0.3, 0.4) is 0 Å². The summed E-state index contributed by atoms with van der Waals surface area (Å²) in [5, 5.41) is 0.734. The summed E-state index contributed by atoms with van der Waals surface area (Å²) in [6, 6.07) is 3.87. The molecule has 1 atom stereocenters. The summed E-state index contributed by atoms with van der Waals surface area (Å²) in [6.07, 6.45) is 0.868. The molecule has 0 saturated carbocycles. The zero-order valence-electron chi connectivity index (χ0n) is 7.51. The van der Waals surface area contributed by atoms with E-state index in [0.717, 1.165) is 28.3 Å². The molecule has 1 aliphatic rings. The minimum atomic E-state index is 0.0705. The molecule has 2 rings (SSSR count). The van der Waals surface area contributed by atoms with Crippen LogP contribution in [0, 0.1) is 6.92 Å². The molecule has 0 aliphatic carbocycles. The zero-order chi connectivity index (χ0) is 9.42. The summed E-state index contributed by atoms with van der Waals surface area (Å²) in [4.78, 5) is 0. The summed E-state index contributed by atoms with van der Waals surface area (Å²) < 4.78 is 5.54. The van der Waals surface area contributed by atoms with Crippen molar-refractivity contribution in [2.75, 3.05) is 6.61 Å². The highest BCUT2D eigenvalue weighted by molar-refractivity contribution is 6.30. The number of rotatable bonds is 0. The fourth-order valence-electron chi connectivity index (χ4n) is 1.67. The third kappa shape index (κ3) is 1.52. The Kier molecular flexibility index (Phi) is 2.18. The summed E-state index contributed by atoms with van der Waals surface area (Å²) in [5.41, 5.74) is 8.05. The van der Waals surface area contributed by atoms with Crippen LogP contribution in [0.25, 0.3) is 0 Å². The highest BCUT2D eigenvalue weighted by atomic mass is 35.5. The van der Waals surface area contributed by atoms with Crippen LogP contribution < -0.4 is 10.5 Å². The van der Waals surface area contributed by atoms with Crippen molar-refractivity contribution in [3.05, 3.63) is 28.3 Å². The monoisotopic (exact) mass is 197 g/mol. The van der Waals surface area contributed by atoms with Crippen LogP contribution in [0.4, 0.5) is 0 Å². The quantitative estimate of drug-likeness (QED) is 0.694. The first kappa shape index (κ1) is 8.85. The van der Waals surface area contributed by atoms with Gasteiger partial charge in [-0.15, -0.1) is 0 Å². The lowest BCUT2D eigenvalue weighted by molar-refractivity contribution is 0.267. The van der Waals surface area contributed by atoms with Gasteiger partial charge in [0, 0.05) is 23.0 Å². The van der Waals surface area contributed by atoms with Gasteiger partial charge in [0.25, 0.3) is 0 Å². The van der Waals surface area contributed by atoms with Crippen molar-refractivity contribution in [1.82, 2.24) is 0 Å². The molecule has 2 nitrogen and oxygen atoms in total. The van der Waals surface area contributed by atoms with Gasteiger partial charge < -0.3 is 10.5 Å². The lowest BCUT2D eigenvalue weighted by atomic mass is 9.99. The average molecular weight is 198 g/mol. The van der Waals surface area contributed by atoms with E-state index in [-0.39, 0.29) is 6.04 Å². The number of nitrogens with two attached hydrogens (primary N) is 1. The predicted octanol–water partition coefficient (Wildman–Crippen LogP) is 2.43. The van der Waals surface area contributed by atoms with Crippen molar-refractivity contribution in [3.63, 3.8) is 0 Å². The molecule has 0 saturated heterocycles. The summed E-state index contributed by atoms with van der Waals surface area (Å²) in [5.74, 6) is 0.920. The summed E-state index contributed by atoms with van der Waals surface area (Å²) in [7, 11) is 0. The molecule has 0 amide bonds. The first-order chi connectivity index (χ1) is 6.18. The van der Waals surface area contributed by atoms with E-state index in [1.165, 1.54) is 0 Å². The van der Waals surface area contributed by atoms with Gasteiger partial charge in [-0.25, -0.2) is 0 Å². The lowest BCUT2D eigenvalue weighted by Gasteiger charge is -2.24. The van der Waals surface area contributed by atoms with E-state index in [1.807, 2.05) is 19.1 Å². The summed E-state index contributed by atoms with van der Waals surface area (Å²) in [6.45, 7) is 2.69. The van der Waals surface area contributed by atoms with E-state index in [2.05, 4.69) is 0 Å². The molecule has 0 aromatic heterocycles. The number of fused-ring (bicyclic) bond motifs is 1. The van der Waals surface area contributed by atoms with Crippen LogP contribution in [0.2, 0.25) is 5.02 Å². The third-order valence-corrected chi connectivity index (χ3v) is 2.56. The third-order valence-electron chi connectivity index (χ3n) is 2.34. The van der Waals surface area contributed by atoms with Crippen molar-refractivity contribution in [2.45, 2.75) is 19.4 Å². The van der Waals surface area contributed by atoms with Crippen LogP contribution >= 0.6 is 11.6 Å². The molecule has 0 bridgehead atoms. The fraction of sp³-hybridized carbons (Fsp3) is 0.400. The molecule has 3 heteroatoms. The topological polar surface area (TPSA) is 35.2 Å². The van der Waals surface area contributed by atoms with Gasteiger partial charge in [-0.3, -0.25) is 0 Å². The number of aryl methyl sites for hydroxylation is 1. The highest BCUT2D eigenvalue weighted by Crippen LogP contribution is 2.35. The van der Waals surface area contributed by atoms with Crippen LogP contribution in [0.5, 0.6) is 5.75 Å². The minimum Gasteiger partial charge on any atom is -0.493 e. The predicted molar refractivity (Wildman–Crippen MR) is 53.2 cm³/mol. The Morgan fingerprint density at radius 2 is 2.31 bits per heavy atom. The van der Waals surface area contributed by atoms with E-state index in [0.29, 0.717) is 6.61 Å². The molecule has 2 N–H and O–H groups in total. The van der Waals surface area contributed by atoms with Crippen LogP contribution in [0.15, 0.2) is 12.1 Å². The van der Waals surface area contributed by atoms with Gasteiger partial charge in [-0.2, -0.15) is 0 Å². The molecule has 0 fully saturated rings. The maximum absolute atomic E-state index is 5.95. The van der Waals surface area contributed by atoms with E-state index in [4.69, 9.17) is 22.1 Å². The van der Waals surface area contributed by atoms with E-state index in [9.17, 15) is 0 Å². The smallest absolute Gasteiger partial charge is 0.127 e. The second kappa shape index (κ2) is 3.20. The van der Waals surface area contributed by atoms with Crippen molar-refractivity contribution < 1.29 is 4.74 Å². The largest absolute Gasteiger partial charge is 0.493 e. The first-order valence-electron chi connectivity index (χ1n) is 4.37. The van der Waals surface area contributed by atoms with Gasteiger partial charge in [0.2, 0.25) is 0 Å². The second-order valence-corrected chi connectivity index (χ2v) is 3.82. The highest BCUT2D eigenvalue weighted by Gasteiger charge is 2.19. The minimum absolute atomic E-state index is 0.0705. The maximum atomic E-state index is 5.95. The van der Waals surface area contributed by atoms with Gasteiger partial charge in [-0.05, 0) is 24.6 Å².